The van der Waals surface area contributed by atoms with Crippen LogP contribution in [0, 0.1) is 0 Å². The fourth-order valence-electron chi connectivity index (χ4n) is 0.749. The Hall–Kier alpha value is -0.0500. The van der Waals surface area contributed by atoms with E-state index in [1.165, 1.54) is 0 Å². The molecule has 11 heavy (non-hydrogen) atoms. The van der Waals surface area contributed by atoms with Crippen molar-refractivity contribution in [3.05, 3.63) is 35.4 Å². The number of hydrogen-bond donors (Lipinski definition) is 2. The summed E-state index contributed by atoms with van der Waals surface area (Å²) in [7, 11) is 0. The highest BCUT2D eigenvalue weighted by molar-refractivity contribution is 7.90. The highest BCUT2D eigenvalue weighted by atomic mass is 35.5. The molecule has 3 heteroatoms. The van der Waals surface area contributed by atoms with Gasteiger partial charge in [0.2, 0.25) is 0 Å². The molecule has 0 fully saturated rings. The second kappa shape index (κ2) is 3.57. The minimum Gasteiger partial charge on any atom is -0.143 e. The third-order valence-electron chi connectivity index (χ3n) is 1.27. The van der Waals surface area contributed by atoms with Crippen LogP contribution in [0.4, 0.5) is 0 Å². The van der Waals surface area contributed by atoms with Crippen molar-refractivity contribution in [3.63, 3.8) is 0 Å². The lowest BCUT2D eigenvalue weighted by Crippen LogP contribution is -1.78. The smallest absolute Gasteiger partial charge is 0.0417 e. The molecular weight excluding hydrogens is 196 g/mol. The summed E-state index contributed by atoms with van der Waals surface area (Å²) in [6, 6.07) is 5.40. The molecule has 0 amide bonds. The summed E-state index contributed by atoms with van der Waals surface area (Å²) in [4.78, 5) is 1.50. The summed E-state index contributed by atoms with van der Waals surface area (Å²) in [5.41, 5.74) is 0.918. The maximum Gasteiger partial charge on any atom is 0.0417 e. The molecule has 0 saturated carbocycles. The first-order valence-corrected chi connectivity index (χ1v) is 4.25. The Labute approximate surface area is 82.1 Å². The maximum atomic E-state index is 5.72. The molecule has 0 atom stereocenters. The van der Waals surface area contributed by atoms with E-state index in [0.717, 1.165) is 10.5 Å². The van der Waals surface area contributed by atoms with Gasteiger partial charge in [0, 0.05) is 20.4 Å². The van der Waals surface area contributed by atoms with Gasteiger partial charge in [0.15, 0.2) is 0 Å². The van der Waals surface area contributed by atoms with Crippen molar-refractivity contribution < 1.29 is 0 Å². The Balaban J connectivity index is 3.20. The molecule has 1 aromatic carbocycles. The highest BCUT2D eigenvalue weighted by Crippen LogP contribution is 2.26. The number of rotatable bonds is 1. The fourth-order valence-corrected chi connectivity index (χ4v) is 1.63. The van der Waals surface area contributed by atoms with E-state index in [1.807, 2.05) is 6.07 Å². The van der Waals surface area contributed by atoms with Crippen LogP contribution in [-0.4, -0.2) is 0 Å². The van der Waals surface area contributed by atoms with Crippen molar-refractivity contribution in [2.24, 2.45) is 0 Å². The van der Waals surface area contributed by atoms with E-state index in [2.05, 4.69) is 31.8 Å². The van der Waals surface area contributed by atoms with Gasteiger partial charge in [-0.2, -0.15) is 0 Å². The first kappa shape index (κ1) is 9.04. The molecule has 0 spiro atoms. The summed E-state index contributed by atoms with van der Waals surface area (Å²) < 4.78 is 0. The van der Waals surface area contributed by atoms with Crippen LogP contribution in [-0.2, 0) is 0 Å². The lowest BCUT2D eigenvalue weighted by atomic mass is 10.2. The van der Waals surface area contributed by atoms with Crippen LogP contribution < -0.4 is 0 Å². The van der Waals surface area contributed by atoms with Crippen molar-refractivity contribution in [1.29, 1.82) is 0 Å². The van der Waals surface area contributed by atoms with E-state index in [1.54, 1.807) is 12.1 Å². The van der Waals surface area contributed by atoms with Gasteiger partial charge < -0.3 is 0 Å². The molecule has 0 bridgehead atoms. The fraction of sp³-hybridized carbons (Fsp3) is 0. The zero-order valence-electron chi connectivity index (χ0n) is 5.71. The van der Waals surface area contributed by atoms with Gasteiger partial charge >= 0.3 is 0 Å². The van der Waals surface area contributed by atoms with Crippen LogP contribution in [0.5, 0.6) is 0 Å². The molecule has 0 aliphatic carbocycles. The quantitative estimate of drug-likeness (QED) is 0.640. The predicted octanol–water partition coefficient (Wildman–Crippen LogP) is 3.53. The molecule has 0 aromatic heterocycles. The third kappa shape index (κ3) is 2.19. The minimum atomic E-state index is 0.674. The lowest BCUT2D eigenvalue weighted by Gasteiger charge is -2.02. The first-order valence-electron chi connectivity index (χ1n) is 2.98. The van der Waals surface area contributed by atoms with Crippen molar-refractivity contribution in [3.8, 4) is 0 Å². The topological polar surface area (TPSA) is 0 Å². The Bertz CT molecular complexity index is 294. The van der Waals surface area contributed by atoms with Crippen LogP contribution in [0.25, 0.3) is 4.91 Å². The zero-order valence-corrected chi connectivity index (χ0v) is 8.26. The molecule has 1 aromatic rings. The molecule has 0 saturated heterocycles. The normalized spacial score (nSPS) is 9.73. The molecule has 0 aliphatic heterocycles. The lowest BCUT2D eigenvalue weighted by molar-refractivity contribution is 1.43. The van der Waals surface area contributed by atoms with Crippen LogP contribution >= 0.6 is 36.9 Å². The average molecular weight is 203 g/mol. The summed E-state index contributed by atoms with van der Waals surface area (Å²) in [5, 5.41) is 0.674. The van der Waals surface area contributed by atoms with Gasteiger partial charge in [0.05, 0.1) is 0 Å². The standard InChI is InChI=1S/C8H7ClS2/c1-5(10)7-3-2-6(9)4-8(7)11/h2-4,10-11H,1H2. The third-order valence-corrected chi connectivity index (χ3v) is 2.12. The molecule has 1 rings (SSSR count). The van der Waals surface area contributed by atoms with Crippen molar-refractivity contribution in [2.45, 2.75) is 4.90 Å². The summed E-state index contributed by atoms with van der Waals surface area (Å²) in [5.74, 6) is 0. The van der Waals surface area contributed by atoms with Gasteiger partial charge in [-0.3, -0.25) is 0 Å². The van der Waals surface area contributed by atoms with E-state index >= 15 is 0 Å². The van der Waals surface area contributed by atoms with Gasteiger partial charge in [0.25, 0.3) is 0 Å². The van der Waals surface area contributed by atoms with Crippen LogP contribution in [0.2, 0.25) is 5.02 Å². The molecule has 0 nitrogen and oxygen atoms in total. The van der Waals surface area contributed by atoms with Gasteiger partial charge in [-0.05, 0) is 12.1 Å². The Morgan fingerprint density at radius 2 is 2.09 bits per heavy atom. The predicted molar refractivity (Wildman–Crippen MR) is 56.7 cm³/mol. The highest BCUT2D eigenvalue weighted by Gasteiger charge is 1.99. The van der Waals surface area contributed by atoms with Gasteiger partial charge in [-0.1, -0.05) is 24.2 Å². The molecule has 58 valence electrons. The number of halogens is 1. The second-order valence-electron chi connectivity index (χ2n) is 2.11. The number of benzene rings is 1. The van der Waals surface area contributed by atoms with E-state index < -0.39 is 0 Å². The Kier molecular flexibility index (Phi) is 2.93. The summed E-state index contributed by atoms with van der Waals surface area (Å²) in [6.07, 6.45) is 0. The van der Waals surface area contributed by atoms with Crippen LogP contribution in [0.15, 0.2) is 29.7 Å². The monoisotopic (exact) mass is 202 g/mol. The summed E-state index contributed by atoms with van der Waals surface area (Å²) >= 11 is 14.0. The van der Waals surface area contributed by atoms with E-state index in [9.17, 15) is 0 Å². The molecular formula is C8H7ClS2. The van der Waals surface area contributed by atoms with Crippen LogP contribution in [0.1, 0.15) is 5.56 Å². The molecule has 0 N–H and O–H groups in total. The SMILES string of the molecule is C=C(S)c1ccc(Cl)cc1S. The zero-order chi connectivity index (χ0) is 8.43. The van der Waals surface area contributed by atoms with Crippen LogP contribution in [0.3, 0.4) is 0 Å². The van der Waals surface area contributed by atoms with Gasteiger partial charge in [-0.25, -0.2) is 0 Å². The molecule has 0 heterocycles. The first-order chi connectivity index (χ1) is 5.11. The molecule has 0 unspecified atom stereocenters. The Morgan fingerprint density at radius 3 is 2.55 bits per heavy atom. The van der Waals surface area contributed by atoms with E-state index in [-0.39, 0.29) is 0 Å². The average Bonchev–Trinajstić information content (AvgIpc) is 1.85. The largest absolute Gasteiger partial charge is 0.143 e. The summed E-state index contributed by atoms with van der Waals surface area (Å²) in [6.45, 7) is 3.69. The second-order valence-corrected chi connectivity index (χ2v) is 3.57. The maximum absolute atomic E-state index is 5.72. The Morgan fingerprint density at radius 1 is 1.45 bits per heavy atom. The van der Waals surface area contributed by atoms with Crippen molar-refractivity contribution in [2.75, 3.05) is 0 Å². The van der Waals surface area contributed by atoms with Gasteiger partial charge in [0.1, 0.15) is 0 Å². The van der Waals surface area contributed by atoms with E-state index in [0.29, 0.717) is 9.93 Å². The minimum absolute atomic E-state index is 0.674. The molecule has 0 radical (unpaired) electrons. The van der Waals surface area contributed by atoms with Crippen molar-refractivity contribution in [1.82, 2.24) is 0 Å². The number of hydrogen-bond acceptors (Lipinski definition) is 2. The van der Waals surface area contributed by atoms with Gasteiger partial charge in [-0.15, -0.1) is 25.3 Å². The number of thiol groups is 2. The molecule has 0 aliphatic rings. The van der Waals surface area contributed by atoms with E-state index in [4.69, 9.17) is 11.6 Å². The van der Waals surface area contributed by atoms with Crippen molar-refractivity contribution >= 4 is 41.8 Å².